The highest BCUT2D eigenvalue weighted by Crippen LogP contribution is 2.29. The predicted octanol–water partition coefficient (Wildman–Crippen LogP) is 3.47. The van der Waals surface area contributed by atoms with E-state index in [1.165, 1.54) is 6.42 Å². The van der Waals surface area contributed by atoms with Crippen molar-refractivity contribution in [1.29, 1.82) is 0 Å². The minimum absolute atomic E-state index is 0. The molecular weight excluding hydrogens is 445 g/mol. The Kier molecular flexibility index (Phi) is 12.4. The standard InChI is InChI=1S/C19H33N3O3.HI/c1-13(2)7-6-8-14(3)22-19(20)21-12-17(23)16-11-15(24-4)9-10-18(16)25-5;/h9-11,13-14,17,23H,6-8,12H2,1-5H3,(H3,20,21,22);1H. The van der Waals surface area contributed by atoms with Crippen molar-refractivity contribution < 1.29 is 14.6 Å². The van der Waals surface area contributed by atoms with Gasteiger partial charge in [-0.05, 0) is 37.5 Å². The van der Waals surface area contributed by atoms with E-state index >= 15 is 0 Å². The van der Waals surface area contributed by atoms with Gasteiger partial charge in [-0.25, -0.2) is 0 Å². The second-order valence-electron chi connectivity index (χ2n) is 6.72. The lowest BCUT2D eigenvalue weighted by molar-refractivity contribution is 0.182. The molecule has 0 aromatic heterocycles. The minimum atomic E-state index is -0.818. The smallest absolute Gasteiger partial charge is 0.188 e. The first-order chi connectivity index (χ1) is 11.9. The van der Waals surface area contributed by atoms with Crippen LogP contribution in [0.25, 0.3) is 0 Å². The molecule has 0 saturated heterocycles. The summed E-state index contributed by atoms with van der Waals surface area (Å²) in [6.07, 6.45) is 2.59. The van der Waals surface area contributed by atoms with E-state index in [1.807, 2.05) is 0 Å². The van der Waals surface area contributed by atoms with Crippen molar-refractivity contribution in [3.8, 4) is 11.5 Å². The minimum Gasteiger partial charge on any atom is -0.497 e. The number of hydrogen-bond acceptors (Lipinski definition) is 4. The lowest BCUT2D eigenvalue weighted by atomic mass is 10.0. The number of hydrogen-bond donors (Lipinski definition) is 3. The second kappa shape index (κ2) is 13.0. The Labute approximate surface area is 174 Å². The van der Waals surface area contributed by atoms with Crippen LogP contribution >= 0.6 is 24.0 Å². The van der Waals surface area contributed by atoms with Crippen molar-refractivity contribution in [3.63, 3.8) is 0 Å². The second-order valence-corrected chi connectivity index (χ2v) is 6.72. The number of guanidine groups is 1. The molecule has 0 aliphatic heterocycles. The molecule has 0 radical (unpaired) electrons. The third-order valence-electron chi connectivity index (χ3n) is 4.04. The first-order valence-corrected chi connectivity index (χ1v) is 8.83. The van der Waals surface area contributed by atoms with Crippen LogP contribution in [0.15, 0.2) is 23.2 Å². The molecule has 1 rings (SSSR count). The summed E-state index contributed by atoms with van der Waals surface area (Å²) in [6.45, 7) is 6.69. The van der Waals surface area contributed by atoms with E-state index in [9.17, 15) is 5.11 Å². The van der Waals surface area contributed by atoms with Gasteiger partial charge in [0.05, 0.1) is 20.8 Å². The number of aliphatic hydroxyl groups is 1. The summed E-state index contributed by atoms with van der Waals surface area (Å²) in [5, 5.41) is 13.6. The summed E-state index contributed by atoms with van der Waals surface area (Å²) < 4.78 is 10.5. The number of nitrogens with one attached hydrogen (secondary N) is 1. The third-order valence-corrected chi connectivity index (χ3v) is 4.04. The number of aliphatic hydroxyl groups excluding tert-OH is 1. The molecule has 0 heterocycles. The van der Waals surface area contributed by atoms with Crippen LogP contribution in [0.4, 0.5) is 0 Å². The van der Waals surface area contributed by atoms with Crippen molar-refractivity contribution in [2.75, 3.05) is 20.8 Å². The lowest BCUT2D eigenvalue weighted by Gasteiger charge is -2.17. The van der Waals surface area contributed by atoms with Gasteiger partial charge >= 0.3 is 0 Å². The summed E-state index contributed by atoms with van der Waals surface area (Å²) in [6, 6.07) is 5.55. The van der Waals surface area contributed by atoms with Crippen molar-refractivity contribution in [1.82, 2.24) is 5.32 Å². The SMILES string of the molecule is COc1ccc(OC)c(C(O)CN=C(N)NC(C)CCCC(C)C)c1.I. The van der Waals surface area contributed by atoms with Gasteiger partial charge in [-0.15, -0.1) is 24.0 Å². The van der Waals surface area contributed by atoms with E-state index < -0.39 is 6.10 Å². The molecule has 7 heteroatoms. The van der Waals surface area contributed by atoms with Crippen LogP contribution in [-0.2, 0) is 0 Å². The number of methoxy groups -OCH3 is 2. The first-order valence-electron chi connectivity index (χ1n) is 8.83. The average Bonchev–Trinajstić information content (AvgIpc) is 2.58. The molecule has 0 aliphatic rings. The van der Waals surface area contributed by atoms with E-state index in [0.717, 1.165) is 12.8 Å². The average molecular weight is 479 g/mol. The highest BCUT2D eigenvalue weighted by molar-refractivity contribution is 14.0. The van der Waals surface area contributed by atoms with Crippen LogP contribution in [0.5, 0.6) is 11.5 Å². The lowest BCUT2D eigenvalue weighted by Crippen LogP contribution is -2.38. The quantitative estimate of drug-likeness (QED) is 0.272. The molecular formula is C19H34IN3O3. The van der Waals surface area contributed by atoms with Crippen molar-refractivity contribution in [2.45, 2.75) is 52.2 Å². The Hall–Kier alpha value is -1.22. The van der Waals surface area contributed by atoms with Gasteiger partial charge in [-0.2, -0.15) is 0 Å². The number of nitrogens with two attached hydrogens (primary N) is 1. The molecule has 1 aromatic rings. The Morgan fingerprint density at radius 2 is 1.88 bits per heavy atom. The molecule has 150 valence electrons. The molecule has 0 aliphatic carbocycles. The summed E-state index contributed by atoms with van der Waals surface area (Å²) in [4.78, 5) is 4.25. The van der Waals surface area contributed by atoms with E-state index in [4.69, 9.17) is 15.2 Å². The number of aliphatic imine (C=N–C) groups is 1. The Morgan fingerprint density at radius 1 is 1.19 bits per heavy atom. The number of nitrogens with zero attached hydrogens (tertiary/aromatic N) is 1. The Balaban J connectivity index is 0.00000625. The van der Waals surface area contributed by atoms with Gasteiger partial charge in [0.1, 0.15) is 17.6 Å². The Bertz CT molecular complexity index is 553. The van der Waals surface area contributed by atoms with Crippen molar-refractivity contribution in [2.24, 2.45) is 16.6 Å². The van der Waals surface area contributed by atoms with Crippen LogP contribution in [0, 0.1) is 5.92 Å². The Morgan fingerprint density at radius 3 is 2.46 bits per heavy atom. The molecule has 26 heavy (non-hydrogen) atoms. The van der Waals surface area contributed by atoms with Gasteiger partial charge in [-0.3, -0.25) is 4.99 Å². The maximum Gasteiger partial charge on any atom is 0.188 e. The van der Waals surface area contributed by atoms with Gasteiger partial charge < -0.3 is 25.6 Å². The fourth-order valence-corrected chi connectivity index (χ4v) is 2.59. The zero-order chi connectivity index (χ0) is 18.8. The molecule has 0 amide bonds. The van der Waals surface area contributed by atoms with E-state index in [-0.39, 0.29) is 36.6 Å². The maximum absolute atomic E-state index is 10.4. The topological polar surface area (TPSA) is 89.1 Å². The van der Waals surface area contributed by atoms with Crippen LogP contribution in [0.3, 0.4) is 0 Å². The zero-order valence-corrected chi connectivity index (χ0v) is 18.8. The zero-order valence-electron chi connectivity index (χ0n) is 16.5. The maximum atomic E-state index is 10.4. The molecule has 6 nitrogen and oxygen atoms in total. The number of halogens is 1. The molecule has 1 aromatic carbocycles. The van der Waals surface area contributed by atoms with Crippen LogP contribution in [-0.4, -0.2) is 37.9 Å². The highest BCUT2D eigenvalue weighted by atomic mass is 127. The molecule has 2 unspecified atom stereocenters. The van der Waals surface area contributed by atoms with E-state index in [0.29, 0.717) is 28.9 Å². The molecule has 4 N–H and O–H groups in total. The summed E-state index contributed by atoms with van der Waals surface area (Å²) in [5.41, 5.74) is 6.56. The fraction of sp³-hybridized carbons (Fsp3) is 0.632. The van der Waals surface area contributed by atoms with Crippen molar-refractivity contribution in [3.05, 3.63) is 23.8 Å². The number of ether oxygens (including phenoxy) is 2. The van der Waals surface area contributed by atoms with Gasteiger partial charge in [-0.1, -0.05) is 26.7 Å². The third kappa shape index (κ3) is 8.93. The highest BCUT2D eigenvalue weighted by Gasteiger charge is 2.14. The monoisotopic (exact) mass is 479 g/mol. The summed E-state index contributed by atoms with van der Waals surface area (Å²) in [5.74, 6) is 2.31. The van der Waals surface area contributed by atoms with Gasteiger partial charge in [0.2, 0.25) is 0 Å². The molecule has 0 spiro atoms. The van der Waals surface area contributed by atoms with E-state index in [2.05, 4.69) is 31.1 Å². The summed E-state index contributed by atoms with van der Waals surface area (Å²) >= 11 is 0. The number of benzene rings is 1. The fourth-order valence-electron chi connectivity index (χ4n) is 2.59. The summed E-state index contributed by atoms with van der Waals surface area (Å²) in [7, 11) is 3.15. The van der Waals surface area contributed by atoms with Crippen LogP contribution in [0.1, 0.15) is 51.7 Å². The van der Waals surface area contributed by atoms with Gasteiger partial charge in [0, 0.05) is 11.6 Å². The molecule has 2 atom stereocenters. The predicted molar refractivity (Wildman–Crippen MR) is 118 cm³/mol. The number of rotatable bonds is 10. The van der Waals surface area contributed by atoms with Crippen LogP contribution in [0.2, 0.25) is 0 Å². The van der Waals surface area contributed by atoms with Crippen molar-refractivity contribution >= 4 is 29.9 Å². The molecule has 0 bridgehead atoms. The van der Waals surface area contributed by atoms with Crippen LogP contribution < -0.4 is 20.5 Å². The van der Waals surface area contributed by atoms with Gasteiger partial charge in [0.25, 0.3) is 0 Å². The largest absolute Gasteiger partial charge is 0.497 e. The van der Waals surface area contributed by atoms with E-state index in [1.54, 1.807) is 32.4 Å². The van der Waals surface area contributed by atoms with Gasteiger partial charge in [0.15, 0.2) is 5.96 Å². The normalized spacial score (nSPS) is 13.7. The molecule has 0 fully saturated rings. The molecule has 0 saturated carbocycles. The first kappa shape index (κ1) is 24.8.